The predicted molar refractivity (Wildman–Crippen MR) is 122 cm³/mol. The first-order valence-electron chi connectivity index (χ1n) is 10.5. The normalized spacial score (nSPS) is 12.0. The van der Waals surface area contributed by atoms with Gasteiger partial charge < -0.3 is 14.5 Å². The second kappa shape index (κ2) is 7.98. The average molecular weight is 403 g/mol. The number of aromatic nitrogens is 3. The van der Waals surface area contributed by atoms with Crippen molar-refractivity contribution in [2.75, 3.05) is 6.54 Å². The number of carbonyl (C=O) groups excluding carboxylic acids is 1. The van der Waals surface area contributed by atoms with Crippen molar-refractivity contribution in [3.8, 4) is 0 Å². The van der Waals surface area contributed by atoms with Gasteiger partial charge in [0, 0.05) is 37.1 Å². The molecule has 156 valence electrons. The van der Waals surface area contributed by atoms with Gasteiger partial charge in [0.1, 0.15) is 5.82 Å². The number of hydrogen-bond acceptors (Lipinski definition) is 2. The summed E-state index contributed by atoms with van der Waals surface area (Å²) in [5.74, 6) is 1.09. The zero-order valence-corrected chi connectivity index (χ0v) is 18.3. The van der Waals surface area contributed by atoms with Crippen molar-refractivity contribution in [1.29, 1.82) is 0 Å². The van der Waals surface area contributed by atoms with E-state index in [-0.39, 0.29) is 11.3 Å². The highest BCUT2D eigenvalue weighted by atomic mass is 16.2. The van der Waals surface area contributed by atoms with Gasteiger partial charge in [-0.15, -0.1) is 0 Å². The molecule has 4 aromatic rings. The molecule has 0 saturated heterocycles. The van der Waals surface area contributed by atoms with Crippen molar-refractivity contribution in [2.24, 2.45) is 12.5 Å². The van der Waals surface area contributed by atoms with Crippen molar-refractivity contribution in [3.63, 3.8) is 0 Å². The molecule has 30 heavy (non-hydrogen) atoms. The number of benzene rings is 2. The average Bonchev–Trinajstić information content (AvgIpc) is 3.25. The van der Waals surface area contributed by atoms with Crippen LogP contribution in [0.1, 0.15) is 38.6 Å². The van der Waals surface area contributed by atoms with Crippen LogP contribution in [0.4, 0.5) is 0 Å². The Bertz CT molecular complexity index is 1180. The first-order valence-corrected chi connectivity index (χ1v) is 10.5. The van der Waals surface area contributed by atoms with Crippen LogP contribution < -0.4 is 0 Å². The van der Waals surface area contributed by atoms with E-state index in [0.29, 0.717) is 19.5 Å². The van der Waals surface area contributed by atoms with Crippen LogP contribution in [0, 0.1) is 5.41 Å². The van der Waals surface area contributed by atoms with Crippen LogP contribution in [0.25, 0.3) is 21.9 Å². The van der Waals surface area contributed by atoms with Crippen molar-refractivity contribution in [2.45, 2.75) is 40.2 Å². The molecule has 2 heterocycles. The second-order valence-electron chi connectivity index (χ2n) is 9.24. The van der Waals surface area contributed by atoms with Crippen molar-refractivity contribution in [3.05, 3.63) is 66.1 Å². The number of nitrogens with one attached hydrogen (secondary N) is 1. The van der Waals surface area contributed by atoms with Gasteiger partial charge in [0.15, 0.2) is 0 Å². The molecular weight excluding hydrogens is 372 g/mol. The molecule has 1 N–H and O–H groups in total. The molecule has 4 rings (SSSR count). The minimum atomic E-state index is -0.0531. The van der Waals surface area contributed by atoms with Gasteiger partial charge in [0.05, 0.1) is 17.6 Å². The molecule has 5 heteroatoms. The molecule has 0 aliphatic rings. The highest BCUT2D eigenvalue weighted by Gasteiger charge is 2.23. The number of aromatic amines is 1. The highest BCUT2D eigenvalue weighted by molar-refractivity contribution is 5.83. The Morgan fingerprint density at radius 1 is 1.10 bits per heavy atom. The summed E-state index contributed by atoms with van der Waals surface area (Å²) in [5.41, 5.74) is 4.38. The molecule has 0 fully saturated rings. The molecule has 2 aromatic carbocycles. The van der Waals surface area contributed by atoms with Gasteiger partial charge in [-0.1, -0.05) is 51.1 Å². The summed E-state index contributed by atoms with van der Waals surface area (Å²) in [7, 11) is 2.02. The standard InChI is InChI=1S/C25H30N4O/c1-25(2,3)15-24(30)29(14-13-18-16-26-20-10-6-5-9-19(18)20)17-23-27-21-11-7-8-12-22(21)28(23)4/h5-12,16,26H,13-15,17H2,1-4H3. The van der Waals surface area contributed by atoms with E-state index in [1.54, 1.807) is 0 Å². The number of rotatable bonds is 6. The Kier molecular flexibility index (Phi) is 5.37. The van der Waals surface area contributed by atoms with Gasteiger partial charge in [0.2, 0.25) is 5.91 Å². The summed E-state index contributed by atoms with van der Waals surface area (Å²) in [6.07, 6.45) is 3.39. The Morgan fingerprint density at radius 3 is 2.60 bits per heavy atom. The van der Waals surface area contributed by atoms with Crippen molar-refractivity contribution < 1.29 is 4.79 Å². The number of aryl methyl sites for hydroxylation is 1. The molecule has 0 spiro atoms. The summed E-state index contributed by atoms with van der Waals surface area (Å²) < 4.78 is 2.10. The lowest BCUT2D eigenvalue weighted by Crippen LogP contribution is -2.35. The molecule has 0 atom stereocenters. The number of H-pyrrole nitrogens is 1. The van der Waals surface area contributed by atoms with Gasteiger partial charge >= 0.3 is 0 Å². The number of para-hydroxylation sites is 3. The van der Waals surface area contributed by atoms with Crippen LogP contribution >= 0.6 is 0 Å². The highest BCUT2D eigenvalue weighted by Crippen LogP contribution is 2.23. The molecule has 2 aromatic heterocycles. The third-order valence-electron chi connectivity index (χ3n) is 5.57. The maximum atomic E-state index is 13.2. The van der Waals surface area contributed by atoms with E-state index >= 15 is 0 Å². The Morgan fingerprint density at radius 2 is 1.83 bits per heavy atom. The second-order valence-corrected chi connectivity index (χ2v) is 9.24. The summed E-state index contributed by atoms with van der Waals surface area (Å²) in [6, 6.07) is 16.4. The monoisotopic (exact) mass is 402 g/mol. The van der Waals surface area contributed by atoms with Crippen LogP contribution in [0.2, 0.25) is 0 Å². The van der Waals surface area contributed by atoms with Crippen LogP contribution in [-0.2, 0) is 24.8 Å². The van der Waals surface area contributed by atoms with Gasteiger partial charge in [-0.25, -0.2) is 4.98 Å². The summed E-state index contributed by atoms with van der Waals surface area (Å²) in [4.78, 5) is 23.3. The zero-order chi connectivity index (χ0) is 21.3. The number of fused-ring (bicyclic) bond motifs is 2. The van der Waals surface area contributed by atoms with Crippen molar-refractivity contribution in [1.82, 2.24) is 19.4 Å². The molecule has 5 nitrogen and oxygen atoms in total. The topological polar surface area (TPSA) is 53.9 Å². The maximum Gasteiger partial charge on any atom is 0.223 e. The van der Waals surface area contributed by atoms with Crippen LogP contribution in [0.5, 0.6) is 0 Å². The molecular formula is C25H30N4O. The van der Waals surface area contributed by atoms with Crippen molar-refractivity contribution >= 4 is 27.8 Å². The Hall–Kier alpha value is -3.08. The van der Waals surface area contributed by atoms with E-state index in [1.807, 2.05) is 36.2 Å². The largest absolute Gasteiger partial charge is 0.361 e. The minimum Gasteiger partial charge on any atom is -0.361 e. The molecule has 0 aliphatic heterocycles. The number of nitrogens with zero attached hydrogens (tertiary/aromatic N) is 3. The summed E-state index contributed by atoms with van der Waals surface area (Å²) in [6.45, 7) is 7.51. The van der Waals surface area contributed by atoms with E-state index in [2.05, 4.69) is 60.8 Å². The molecule has 0 saturated carbocycles. The maximum absolute atomic E-state index is 13.2. The van der Waals surface area contributed by atoms with E-state index in [0.717, 1.165) is 28.8 Å². The quantitative estimate of drug-likeness (QED) is 0.490. The number of carbonyl (C=O) groups is 1. The third-order valence-corrected chi connectivity index (χ3v) is 5.57. The van der Waals surface area contributed by atoms with Gasteiger partial charge in [-0.05, 0) is 35.6 Å². The first-order chi connectivity index (χ1) is 14.3. The summed E-state index contributed by atoms with van der Waals surface area (Å²) in [5, 5.41) is 1.23. The van der Waals surface area contributed by atoms with E-state index < -0.39 is 0 Å². The fourth-order valence-corrected chi connectivity index (χ4v) is 3.96. The Labute approximate surface area is 177 Å². The molecule has 0 bridgehead atoms. The van der Waals surface area contributed by atoms with E-state index in [1.165, 1.54) is 10.9 Å². The van der Waals surface area contributed by atoms with Gasteiger partial charge in [-0.2, -0.15) is 0 Å². The van der Waals surface area contributed by atoms with Crippen LogP contribution in [0.15, 0.2) is 54.7 Å². The Balaban J connectivity index is 1.58. The summed E-state index contributed by atoms with van der Waals surface area (Å²) >= 11 is 0. The smallest absolute Gasteiger partial charge is 0.223 e. The first kappa shape index (κ1) is 20.2. The van der Waals surface area contributed by atoms with Crippen LogP contribution in [-0.4, -0.2) is 31.9 Å². The lowest BCUT2D eigenvalue weighted by atomic mass is 9.91. The third kappa shape index (κ3) is 4.25. The predicted octanol–water partition coefficient (Wildman–Crippen LogP) is 5.06. The molecule has 0 radical (unpaired) electrons. The van der Waals surface area contributed by atoms with E-state index in [9.17, 15) is 4.79 Å². The molecule has 0 unspecified atom stereocenters. The fourth-order valence-electron chi connectivity index (χ4n) is 3.96. The number of imidazole rings is 1. The number of hydrogen-bond donors (Lipinski definition) is 1. The zero-order valence-electron chi connectivity index (χ0n) is 18.3. The number of amides is 1. The van der Waals surface area contributed by atoms with Crippen LogP contribution in [0.3, 0.4) is 0 Å². The lowest BCUT2D eigenvalue weighted by molar-refractivity contribution is -0.133. The van der Waals surface area contributed by atoms with E-state index in [4.69, 9.17) is 4.98 Å². The SMILES string of the molecule is Cn1c(CN(CCc2c[nH]c3ccccc23)C(=O)CC(C)(C)C)nc2ccccc21. The van der Waals surface area contributed by atoms with Gasteiger partial charge in [0.25, 0.3) is 0 Å². The molecule has 0 aliphatic carbocycles. The van der Waals surface area contributed by atoms with Gasteiger partial charge in [-0.3, -0.25) is 4.79 Å². The fraction of sp³-hybridized carbons (Fsp3) is 0.360. The lowest BCUT2D eigenvalue weighted by Gasteiger charge is -2.26. The molecule has 1 amide bonds. The minimum absolute atomic E-state index is 0.0531.